The van der Waals surface area contributed by atoms with E-state index in [1.54, 1.807) is 0 Å². The molecule has 90 valence electrons. The lowest BCUT2D eigenvalue weighted by Crippen LogP contribution is -2.49. The first-order valence-corrected chi connectivity index (χ1v) is 6.22. The average Bonchev–Trinajstić information content (AvgIpc) is 2.39. The van der Waals surface area contributed by atoms with Crippen molar-refractivity contribution in [1.82, 2.24) is 4.90 Å². The Labute approximate surface area is 107 Å². The Morgan fingerprint density at radius 2 is 1.76 bits per heavy atom. The molecular weight excluding hydrogens is 234 g/mol. The van der Waals surface area contributed by atoms with Gasteiger partial charge in [0.05, 0.1) is 12.1 Å². The van der Waals surface area contributed by atoms with E-state index in [2.05, 4.69) is 15.9 Å². The van der Waals surface area contributed by atoms with Crippen LogP contribution in [0.3, 0.4) is 0 Å². The lowest BCUT2D eigenvalue weighted by atomic mass is 10.2. The summed E-state index contributed by atoms with van der Waals surface area (Å²) in [5.41, 5.74) is 1.21. The lowest BCUT2D eigenvalue weighted by Gasteiger charge is -2.37. The van der Waals surface area contributed by atoms with Gasteiger partial charge in [0.25, 0.3) is 0 Å². The second-order valence-corrected chi connectivity index (χ2v) is 4.74. The molecule has 0 amide bonds. The van der Waals surface area contributed by atoms with Crippen LogP contribution in [0, 0.1) is 11.3 Å². The largest absolute Gasteiger partial charge is 0.369 e. The Balaban J connectivity index is 1.95. The van der Waals surface area contributed by atoms with Crippen LogP contribution in [0.25, 0.3) is 0 Å². The Hall–Kier alpha value is -1.24. The van der Waals surface area contributed by atoms with Crippen LogP contribution < -0.4 is 4.90 Å². The molecule has 0 aliphatic carbocycles. The summed E-state index contributed by atoms with van der Waals surface area (Å²) in [6.45, 7) is 5.77. The van der Waals surface area contributed by atoms with Crippen molar-refractivity contribution in [2.24, 2.45) is 0 Å². The molecule has 1 atom stereocenters. The van der Waals surface area contributed by atoms with Gasteiger partial charge in [-0.2, -0.15) is 5.26 Å². The number of halogens is 1. The summed E-state index contributed by atoms with van der Waals surface area (Å²) >= 11 is 5.87. The van der Waals surface area contributed by atoms with Gasteiger partial charge in [0.15, 0.2) is 0 Å². The molecule has 0 radical (unpaired) electrons. The molecule has 0 aromatic heterocycles. The SMILES string of the molecule is C[C@H](C#N)N1CCN(c2ccc(Cl)cc2)CC1. The molecule has 4 heteroatoms. The smallest absolute Gasteiger partial charge is 0.0950 e. The number of hydrogen-bond donors (Lipinski definition) is 0. The molecule has 0 spiro atoms. The maximum atomic E-state index is 8.88. The first kappa shape index (κ1) is 12.2. The van der Waals surface area contributed by atoms with Crippen LogP contribution in [-0.2, 0) is 0 Å². The fourth-order valence-corrected chi connectivity index (χ4v) is 2.23. The van der Waals surface area contributed by atoms with Crippen LogP contribution in [0.4, 0.5) is 5.69 Å². The van der Waals surface area contributed by atoms with Gasteiger partial charge in [-0.05, 0) is 31.2 Å². The third-order valence-corrected chi connectivity index (χ3v) is 3.49. The zero-order valence-electron chi connectivity index (χ0n) is 9.93. The number of rotatable bonds is 2. The van der Waals surface area contributed by atoms with E-state index in [0.717, 1.165) is 31.2 Å². The second-order valence-electron chi connectivity index (χ2n) is 4.30. The molecule has 1 aromatic rings. The van der Waals surface area contributed by atoms with Gasteiger partial charge in [-0.1, -0.05) is 11.6 Å². The van der Waals surface area contributed by atoms with Gasteiger partial charge in [0, 0.05) is 36.9 Å². The quantitative estimate of drug-likeness (QED) is 0.806. The van der Waals surface area contributed by atoms with E-state index in [0.29, 0.717) is 0 Å². The fraction of sp³-hybridized carbons (Fsp3) is 0.462. The maximum Gasteiger partial charge on any atom is 0.0950 e. The Morgan fingerprint density at radius 1 is 1.18 bits per heavy atom. The first-order chi connectivity index (χ1) is 8.20. The molecule has 1 saturated heterocycles. The van der Waals surface area contributed by atoms with Gasteiger partial charge in [-0.3, -0.25) is 4.90 Å². The van der Waals surface area contributed by atoms with Crippen LogP contribution in [0.1, 0.15) is 6.92 Å². The standard InChI is InChI=1S/C13H16ClN3/c1-11(10-15)16-6-8-17(9-7-16)13-4-2-12(14)3-5-13/h2-5,11H,6-9H2,1H3/t11-/m1/s1. The predicted molar refractivity (Wildman–Crippen MR) is 70.3 cm³/mol. The van der Waals surface area contributed by atoms with Crippen molar-refractivity contribution in [3.8, 4) is 6.07 Å². The zero-order valence-corrected chi connectivity index (χ0v) is 10.7. The number of hydrogen-bond acceptors (Lipinski definition) is 3. The average molecular weight is 250 g/mol. The van der Waals surface area contributed by atoms with Crippen molar-refractivity contribution in [3.05, 3.63) is 29.3 Å². The van der Waals surface area contributed by atoms with Crippen molar-refractivity contribution >= 4 is 17.3 Å². The van der Waals surface area contributed by atoms with E-state index in [1.165, 1.54) is 5.69 Å². The predicted octanol–water partition coefficient (Wildman–Crippen LogP) is 2.37. The number of anilines is 1. The summed E-state index contributed by atoms with van der Waals surface area (Å²) in [5.74, 6) is 0. The van der Waals surface area contributed by atoms with Crippen LogP contribution >= 0.6 is 11.6 Å². The molecule has 1 aromatic carbocycles. The van der Waals surface area contributed by atoms with Crippen LogP contribution in [0.2, 0.25) is 5.02 Å². The van der Waals surface area contributed by atoms with E-state index in [9.17, 15) is 0 Å². The molecular formula is C13H16ClN3. The minimum Gasteiger partial charge on any atom is -0.369 e. The molecule has 1 aliphatic rings. The van der Waals surface area contributed by atoms with Gasteiger partial charge in [0.1, 0.15) is 0 Å². The monoisotopic (exact) mass is 249 g/mol. The molecule has 1 aliphatic heterocycles. The fourth-order valence-electron chi connectivity index (χ4n) is 2.10. The number of piperazine rings is 1. The highest BCUT2D eigenvalue weighted by atomic mass is 35.5. The minimum atomic E-state index is 0.0161. The Morgan fingerprint density at radius 3 is 2.29 bits per heavy atom. The second kappa shape index (κ2) is 5.39. The summed E-state index contributed by atoms with van der Waals surface area (Å²) in [6, 6.07) is 10.2. The van der Waals surface area contributed by atoms with Crippen LogP contribution in [-0.4, -0.2) is 37.1 Å². The third kappa shape index (κ3) is 2.91. The van der Waals surface area contributed by atoms with E-state index >= 15 is 0 Å². The molecule has 0 unspecified atom stereocenters. The summed E-state index contributed by atoms with van der Waals surface area (Å²) in [6.07, 6.45) is 0. The lowest BCUT2D eigenvalue weighted by molar-refractivity contribution is 0.231. The zero-order chi connectivity index (χ0) is 12.3. The van der Waals surface area contributed by atoms with E-state index in [4.69, 9.17) is 16.9 Å². The van der Waals surface area contributed by atoms with Gasteiger partial charge in [-0.15, -0.1) is 0 Å². The van der Waals surface area contributed by atoms with E-state index in [-0.39, 0.29) is 6.04 Å². The third-order valence-electron chi connectivity index (χ3n) is 3.24. The minimum absolute atomic E-state index is 0.0161. The number of nitriles is 1. The molecule has 3 nitrogen and oxygen atoms in total. The Bertz CT molecular complexity index is 402. The van der Waals surface area contributed by atoms with Crippen molar-refractivity contribution < 1.29 is 0 Å². The summed E-state index contributed by atoms with van der Waals surface area (Å²) < 4.78 is 0. The Kier molecular flexibility index (Phi) is 3.88. The van der Waals surface area contributed by atoms with Crippen molar-refractivity contribution in [2.45, 2.75) is 13.0 Å². The number of benzene rings is 1. The van der Waals surface area contributed by atoms with Crippen LogP contribution in [0.15, 0.2) is 24.3 Å². The molecule has 0 bridgehead atoms. The van der Waals surface area contributed by atoms with Crippen molar-refractivity contribution in [1.29, 1.82) is 5.26 Å². The van der Waals surface area contributed by atoms with Gasteiger partial charge in [0.2, 0.25) is 0 Å². The van der Waals surface area contributed by atoms with E-state index in [1.807, 2.05) is 31.2 Å². The molecule has 2 rings (SSSR count). The van der Waals surface area contributed by atoms with Crippen molar-refractivity contribution in [3.63, 3.8) is 0 Å². The van der Waals surface area contributed by atoms with Crippen molar-refractivity contribution in [2.75, 3.05) is 31.1 Å². The highest BCUT2D eigenvalue weighted by Crippen LogP contribution is 2.19. The normalized spacial score (nSPS) is 18.8. The molecule has 0 saturated carbocycles. The maximum absolute atomic E-state index is 8.88. The topological polar surface area (TPSA) is 30.3 Å². The first-order valence-electron chi connectivity index (χ1n) is 5.85. The molecule has 1 fully saturated rings. The van der Waals surface area contributed by atoms with E-state index < -0.39 is 0 Å². The summed E-state index contributed by atoms with van der Waals surface area (Å²) in [7, 11) is 0. The molecule has 1 heterocycles. The van der Waals surface area contributed by atoms with Gasteiger partial charge in [-0.25, -0.2) is 0 Å². The highest BCUT2D eigenvalue weighted by Gasteiger charge is 2.20. The summed E-state index contributed by atoms with van der Waals surface area (Å²) in [5, 5.41) is 9.65. The molecule has 17 heavy (non-hydrogen) atoms. The highest BCUT2D eigenvalue weighted by molar-refractivity contribution is 6.30. The van der Waals surface area contributed by atoms with Gasteiger partial charge < -0.3 is 4.90 Å². The molecule has 0 N–H and O–H groups in total. The summed E-state index contributed by atoms with van der Waals surface area (Å²) in [4.78, 5) is 4.54. The van der Waals surface area contributed by atoms with Crippen LogP contribution in [0.5, 0.6) is 0 Å². The van der Waals surface area contributed by atoms with Gasteiger partial charge >= 0.3 is 0 Å². The number of nitrogens with zero attached hydrogens (tertiary/aromatic N) is 3.